The van der Waals surface area contributed by atoms with Gasteiger partial charge in [0.2, 0.25) is 0 Å². The second-order valence-electron chi connectivity index (χ2n) is 2.66. The Hall–Kier alpha value is -0.0800. The molecule has 0 aliphatic heterocycles. The van der Waals surface area contributed by atoms with Crippen LogP contribution in [0.2, 0.25) is 0 Å². The first-order chi connectivity index (χ1) is 4.36. The number of ether oxygens (including phenoxy) is 1. The summed E-state index contributed by atoms with van der Waals surface area (Å²) < 4.78 is 5.20. The quantitative estimate of drug-likeness (QED) is 0.594. The van der Waals surface area contributed by atoms with E-state index in [2.05, 4.69) is 5.32 Å². The summed E-state index contributed by atoms with van der Waals surface area (Å²) in [6, 6.07) is 0.704. The first kappa shape index (κ1) is 7.03. The molecule has 1 N–H and O–H groups in total. The van der Waals surface area contributed by atoms with Crippen molar-refractivity contribution in [2.45, 2.75) is 31.4 Å². The highest BCUT2D eigenvalue weighted by atomic mass is 16.5. The molecule has 0 aromatic rings. The molecular formula is C7H15NO. The van der Waals surface area contributed by atoms with Crippen LogP contribution in [-0.2, 0) is 4.74 Å². The standard InChI is InChI=1S/C7H15NO/c1-8-6-3-4-7(5-6)9-2/h6-8H,3-5H2,1-2H3/t6-,7+/m0/s1. The van der Waals surface area contributed by atoms with Crippen molar-refractivity contribution in [1.82, 2.24) is 5.32 Å². The van der Waals surface area contributed by atoms with Gasteiger partial charge in [-0.1, -0.05) is 0 Å². The predicted octanol–water partition coefficient (Wildman–Crippen LogP) is 0.773. The number of nitrogens with one attached hydrogen (secondary N) is 1. The zero-order valence-corrected chi connectivity index (χ0v) is 6.18. The van der Waals surface area contributed by atoms with Crippen LogP contribution in [0.25, 0.3) is 0 Å². The van der Waals surface area contributed by atoms with Crippen LogP contribution in [0.5, 0.6) is 0 Å². The van der Waals surface area contributed by atoms with Crippen LogP contribution >= 0.6 is 0 Å². The number of hydrogen-bond acceptors (Lipinski definition) is 2. The Labute approximate surface area is 56.6 Å². The van der Waals surface area contributed by atoms with E-state index >= 15 is 0 Å². The maximum atomic E-state index is 5.20. The van der Waals surface area contributed by atoms with Crippen molar-refractivity contribution < 1.29 is 4.74 Å². The third-order valence-electron chi connectivity index (χ3n) is 2.13. The molecule has 0 saturated heterocycles. The summed E-state index contributed by atoms with van der Waals surface area (Å²) in [6.45, 7) is 0. The first-order valence-corrected chi connectivity index (χ1v) is 3.57. The minimum atomic E-state index is 0.516. The topological polar surface area (TPSA) is 21.3 Å². The van der Waals surface area contributed by atoms with Gasteiger partial charge in [0, 0.05) is 13.2 Å². The van der Waals surface area contributed by atoms with E-state index in [0.29, 0.717) is 12.1 Å². The predicted molar refractivity (Wildman–Crippen MR) is 37.5 cm³/mol. The van der Waals surface area contributed by atoms with Crippen molar-refractivity contribution >= 4 is 0 Å². The maximum absolute atomic E-state index is 5.20. The Morgan fingerprint density at radius 3 is 2.56 bits per heavy atom. The molecule has 0 aromatic heterocycles. The summed E-state index contributed by atoms with van der Waals surface area (Å²) in [7, 11) is 3.81. The second kappa shape index (κ2) is 3.18. The molecule has 1 saturated carbocycles. The molecule has 0 amide bonds. The molecule has 1 aliphatic carbocycles. The van der Waals surface area contributed by atoms with Gasteiger partial charge in [-0.05, 0) is 26.3 Å². The lowest BCUT2D eigenvalue weighted by Crippen LogP contribution is -2.22. The fourth-order valence-corrected chi connectivity index (χ4v) is 1.42. The van der Waals surface area contributed by atoms with Gasteiger partial charge < -0.3 is 10.1 Å². The largest absolute Gasteiger partial charge is 0.381 e. The van der Waals surface area contributed by atoms with Crippen molar-refractivity contribution in [3.63, 3.8) is 0 Å². The van der Waals surface area contributed by atoms with Crippen LogP contribution < -0.4 is 5.32 Å². The molecule has 0 bridgehead atoms. The van der Waals surface area contributed by atoms with E-state index in [1.54, 1.807) is 7.11 Å². The SMILES string of the molecule is CN[C@H]1CC[C@@H](OC)C1. The molecule has 0 spiro atoms. The van der Waals surface area contributed by atoms with Crippen LogP contribution in [0.3, 0.4) is 0 Å². The summed E-state index contributed by atoms with van der Waals surface area (Å²) >= 11 is 0. The van der Waals surface area contributed by atoms with Crippen molar-refractivity contribution in [2.24, 2.45) is 0 Å². The molecule has 0 heterocycles. The summed E-state index contributed by atoms with van der Waals surface area (Å²) in [6.07, 6.45) is 4.20. The molecule has 1 rings (SSSR count). The molecule has 1 fully saturated rings. The van der Waals surface area contributed by atoms with E-state index in [1.807, 2.05) is 7.05 Å². The third kappa shape index (κ3) is 1.66. The number of rotatable bonds is 2. The highest BCUT2D eigenvalue weighted by molar-refractivity contribution is 4.79. The fourth-order valence-electron chi connectivity index (χ4n) is 1.42. The molecule has 2 heteroatoms. The second-order valence-corrected chi connectivity index (χ2v) is 2.66. The van der Waals surface area contributed by atoms with E-state index in [1.165, 1.54) is 19.3 Å². The van der Waals surface area contributed by atoms with Gasteiger partial charge in [-0.3, -0.25) is 0 Å². The normalized spacial score (nSPS) is 35.3. The Kier molecular flexibility index (Phi) is 2.49. The van der Waals surface area contributed by atoms with Crippen molar-refractivity contribution in [2.75, 3.05) is 14.2 Å². The van der Waals surface area contributed by atoms with Crippen LogP contribution in [0.1, 0.15) is 19.3 Å². The summed E-state index contributed by atoms with van der Waals surface area (Å²) in [5, 5.41) is 3.25. The van der Waals surface area contributed by atoms with Crippen LogP contribution in [0.4, 0.5) is 0 Å². The summed E-state index contributed by atoms with van der Waals surface area (Å²) in [5.74, 6) is 0. The lowest BCUT2D eigenvalue weighted by molar-refractivity contribution is 0.107. The maximum Gasteiger partial charge on any atom is 0.0586 e. The highest BCUT2D eigenvalue weighted by Crippen LogP contribution is 2.20. The van der Waals surface area contributed by atoms with E-state index in [9.17, 15) is 0 Å². The molecule has 0 radical (unpaired) electrons. The van der Waals surface area contributed by atoms with Crippen LogP contribution in [0, 0.1) is 0 Å². The molecular weight excluding hydrogens is 114 g/mol. The van der Waals surface area contributed by atoms with Crippen molar-refractivity contribution in [3.8, 4) is 0 Å². The van der Waals surface area contributed by atoms with Gasteiger partial charge in [0.05, 0.1) is 6.10 Å². The van der Waals surface area contributed by atoms with E-state index in [-0.39, 0.29) is 0 Å². The summed E-state index contributed by atoms with van der Waals surface area (Å²) in [4.78, 5) is 0. The lowest BCUT2D eigenvalue weighted by atomic mass is 10.2. The van der Waals surface area contributed by atoms with Crippen LogP contribution in [-0.4, -0.2) is 26.3 Å². The number of hydrogen-bond donors (Lipinski definition) is 1. The van der Waals surface area contributed by atoms with Gasteiger partial charge in [-0.15, -0.1) is 0 Å². The van der Waals surface area contributed by atoms with Gasteiger partial charge in [0.1, 0.15) is 0 Å². The van der Waals surface area contributed by atoms with Gasteiger partial charge in [0.25, 0.3) is 0 Å². The monoisotopic (exact) mass is 129 g/mol. The van der Waals surface area contributed by atoms with E-state index in [4.69, 9.17) is 4.74 Å². The van der Waals surface area contributed by atoms with E-state index < -0.39 is 0 Å². The van der Waals surface area contributed by atoms with Crippen molar-refractivity contribution in [3.05, 3.63) is 0 Å². The Morgan fingerprint density at radius 1 is 1.44 bits per heavy atom. The molecule has 2 atom stereocenters. The molecule has 1 aliphatic rings. The molecule has 0 aromatic carbocycles. The Morgan fingerprint density at radius 2 is 2.22 bits per heavy atom. The van der Waals surface area contributed by atoms with Crippen molar-refractivity contribution in [1.29, 1.82) is 0 Å². The fraction of sp³-hybridized carbons (Fsp3) is 1.00. The first-order valence-electron chi connectivity index (χ1n) is 3.57. The minimum Gasteiger partial charge on any atom is -0.381 e. The Balaban J connectivity index is 2.20. The zero-order valence-electron chi connectivity index (χ0n) is 6.18. The van der Waals surface area contributed by atoms with Gasteiger partial charge in [0.15, 0.2) is 0 Å². The lowest BCUT2D eigenvalue weighted by Gasteiger charge is -2.07. The molecule has 9 heavy (non-hydrogen) atoms. The zero-order chi connectivity index (χ0) is 6.69. The third-order valence-corrected chi connectivity index (χ3v) is 2.13. The van der Waals surface area contributed by atoms with E-state index in [0.717, 1.165) is 0 Å². The molecule has 2 nitrogen and oxygen atoms in total. The van der Waals surface area contributed by atoms with Gasteiger partial charge in [-0.25, -0.2) is 0 Å². The average Bonchev–Trinajstić information content (AvgIpc) is 2.34. The highest BCUT2D eigenvalue weighted by Gasteiger charge is 2.22. The smallest absolute Gasteiger partial charge is 0.0586 e. The Bertz CT molecular complexity index is 75.0. The summed E-state index contributed by atoms with van der Waals surface area (Å²) in [5.41, 5.74) is 0. The van der Waals surface area contributed by atoms with Crippen LogP contribution in [0.15, 0.2) is 0 Å². The molecule has 54 valence electrons. The minimum absolute atomic E-state index is 0.516. The molecule has 0 unspecified atom stereocenters. The number of methoxy groups -OCH3 is 1. The van der Waals surface area contributed by atoms with Gasteiger partial charge in [-0.2, -0.15) is 0 Å². The average molecular weight is 129 g/mol. The van der Waals surface area contributed by atoms with Gasteiger partial charge >= 0.3 is 0 Å².